The molecule has 0 aromatic carbocycles. The monoisotopic (exact) mass is 340 g/mol. The third kappa shape index (κ3) is 4.26. The van der Waals surface area contributed by atoms with Gasteiger partial charge in [0.15, 0.2) is 0 Å². The Morgan fingerprint density at radius 2 is 2.22 bits per heavy atom. The van der Waals surface area contributed by atoms with E-state index in [1.54, 1.807) is 17.4 Å². The fourth-order valence-electron chi connectivity index (χ4n) is 2.88. The Morgan fingerprint density at radius 1 is 1.48 bits per heavy atom. The molecular formula is C15H24N4O3S. The van der Waals surface area contributed by atoms with Gasteiger partial charge in [-0.25, -0.2) is 18.4 Å². The van der Waals surface area contributed by atoms with E-state index >= 15 is 0 Å². The van der Waals surface area contributed by atoms with E-state index in [2.05, 4.69) is 15.3 Å². The summed E-state index contributed by atoms with van der Waals surface area (Å²) < 4.78 is 26.5. The summed E-state index contributed by atoms with van der Waals surface area (Å²) in [6.07, 6.45) is 3.83. The average Bonchev–Trinajstić information content (AvgIpc) is 2.95. The van der Waals surface area contributed by atoms with Crippen molar-refractivity contribution in [2.75, 3.05) is 12.3 Å². The van der Waals surface area contributed by atoms with Crippen LogP contribution in [0.2, 0.25) is 0 Å². The lowest BCUT2D eigenvalue weighted by molar-refractivity contribution is -0.119. The fourth-order valence-corrected chi connectivity index (χ4v) is 4.63. The van der Waals surface area contributed by atoms with Crippen LogP contribution in [0.4, 0.5) is 0 Å². The number of aryl methyl sites for hydroxylation is 1. The maximum absolute atomic E-state index is 12.5. The zero-order valence-electron chi connectivity index (χ0n) is 13.9. The number of nitrogens with zero attached hydrogens (tertiary/aromatic N) is 3. The van der Waals surface area contributed by atoms with Gasteiger partial charge in [-0.3, -0.25) is 4.79 Å². The number of carbonyl (C=O) groups is 1. The summed E-state index contributed by atoms with van der Waals surface area (Å²) in [4.78, 5) is 19.8. The quantitative estimate of drug-likeness (QED) is 0.842. The predicted octanol–water partition coefficient (Wildman–Crippen LogP) is 1.30. The third-order valence-electron chi connectivity index (χ3n) is 3.88. The molecule has 128 valence electrons. The smallest absolute Gasteiger partial charge is 0.217 e. The maximum Gasteiger partial charge on any atom is 0.217 e. The van der Waals surface area contributed by atoms with E-state index in [0.717, 1.165) is 18.4 Å². The molecule has 0 unspecified atom stereocenters. The number of amides is 1. The number of rotatable bonds is 6. The van der Waals surface area contributed by atoms with Gasteiger partial charge in [0.25, 0.3) is 0 Å². The van der Waals surface area contributed by atoms with E-state index < -0.39 is 10.0 Å². The number of sulfonamides is 1. The van der Waals surface area contributed by atoms with Crippen LogP contribution >= 0.6 is 0 Å². The Morgan fingerprint density at radius 3 is 2.87 bits per heavy atom. The average molecular weight is 340 g/mol. The van der Waals surface area contributed by atoms with Crippen LogP contribution in [0.15, 0.2) is 6.20 Å². The van der Waals surface area contributed by atoms with Crippen LogP contribution in [0.1, 0.15) is 56.2 Å². The Kier molecular flexibility index (Phi) is 5.69. The Balaban J connectivity index is 2.35. The van der Waals surface area contributed by atoms with Gasteiger partial charge in [-0.15, -0.1) is 0 Å². The molecular weight excluding hydrogens is 316 g/mol. The van der Waals surface area contributed by atoms with Crippen molar-refractivity contribution in [1.82, 2.24) is 19.6 Å². The van der Waals surface area contributed by atoms with Crippen molar-refractivity contribution < 1.29 is 13.2 Å². The molecule has 1 atom stereocenters. The summed E-state index contributed by atoms with van der Waals surface area (Å²) in [6.45, 7) is 5.92. The van der Waals surface area contributed by atoms with E-state index in [4.69, 9.17) is 0 Å². The van der Waals surface area contributed by atoms with Gasteiger partial charge in [0.2, 0.25) is 15.9 Å². The number of hydrogen-bond acceptors (Lipinski definition) is 5. The highest BCUT2D eigenvalue weighted by Crippen LogP contribution is 2.35. The molecule has 0 saturated carbocycles. The number of hydrogen-bond donors (Lipinski definition) is 1. The highest BCUT2D eigenvalue weighted by atomic mass is 32.2. The van der Waals surface area contributed by atoms with Crippen LogP contribution in [-0.2, 0) is 21.4 Å². The Labute approximate surface area is 137 Å². The first-order chi connectivity index (χ1) is 10.8. The summed E-state index contributed by atoms with van der Waals surface area (Å²) in [5, 5.41) is 2.74. The fraction of sp³-hybridized carbons (Fsp3) is 0.667. The van der Waals surface area contributed by atoms with Crippen molar-refractivity contribution in [1.29, 1.82) is 0 Å². The van der Waals surface area contributed by atoms with Gasteiger partial charge < -0.3 is 5.32 Å². The molecule has 1 aromatic rings. The summed E-state index contributed by atoms with van der Waals surface area (Å²) in [5.74, 6) is 0.610. The minimum Gasteiger partial charge on any atom is -0.352 e. The van der Waals surface area contributed by atoms with Gasteiger partial charge in [0, 0.05) is 31.8 Å². The van der Waals surface area contributed by atoms with Crippen LogP contribution in [0, 0.1) is 6.92 Å². The summed E-state index contributed by atoms with van der Waals surface area (Å²) in [5.41, 5.74) is 1.48. The molecule has 0 spiro atoms. The standard InChI is InChI=1S/C15H24N4O3S/c1-4-8-23(21,22)19-7-5-6-14(19)15-13(10-17-12(3)20)9-16-11(2)18-15/h9,14H,4-8,10H2,1-3H3,(H,17,20)/t14-/m0/s1. The van der Waals surface area contributed by atoms with Crippen molar-refractivity contribution in [2.45, 2.75) is 52.6 Å². The first-order valence-electron chi connectivity index (χ1n) is 7.91. The van der Waals surface area contributed by atoms with E-state index in [9.17, 15) is 13.2 Å². The molecule has 1 aliphatic rings. The van der Waals surface area contributed by atoms with E-state index in [0.29, 0.717) is 31.0 Å². The maximum atomic E-state index is 12.5. The largest absolute Gasteiger partial charge is 0.352 e. The molecule has 1 fully saturated rings. The molecule has 8 heteroatoms. The Bertz CT molecular complexity index is 675. The predicted molar refractivity (Wildman–Crippen MR) is 87.0 cm³/mol. The van der Waals surface area contributed by atoms with Crippen molar-refractivity contribution in [3.63, 3.8) is 0 Å². The van der Waals surface area contributed by atoms with E-state index in [1.807, 2.05) is 6.92 Å². The molecule has 1 saturated heterocycles. The summed E-state index contributed by atoms with van der Waals surface area (Å²) in [6, 6.07) is -0.267. The molecule has 2 heterocycles. The zero-order chi connectivity index (χ0) is 17.0. The van der Waals surface area contributed by atoms with Crippen LogP contribution in [0.5, 0.6) is 0 Å². The number of nitrogens with one attached hydrogen (secondary N) is 1. The third-order valence-corrected chi connectivity index (χ3v) is 5.96. The van der Waals surface area contributed by atoms with Gasteiger partial charge in [0.05, 0.1) is 17.5 Å². The van der Waals surface area contributed by atoms with Crippen LogP contribution < -0.4 is 5.32 Å². The Hall–Kier alpha value is -1.54. The van der Waals surface area contributed by atoms with Crippen molar-refractivity contribution >= 4 is 15.9 Å². The highest BCUT2D eigenvalue weighted by Gasteiger charge is 2.36. The minimum absolute atomic E-state index is 0.140. The van der Waals surface area contributed by atoms with Gasteiger partial charge in [-0.1, -0.05) is 6.92 Å². The molecule has 0 radical (unpaired) electrons. The molecule has 1 amide bonds. The number of carbonyl (C=O) groups excluding carboxylic acids is 1. The topological polar surface area (TPSA) is 92.3 Å². The van der Waals surface area contributed by atoms with Gasteiger partial charge in [0.1, 0.15) is 5.82 Å². The minimum atomic E-state index is -3.28. The lowest BCUT2D eigenvalue weighted by atomic mass is 10.1. The molecule has 1 aromatic heterocycles. The van der Waals surface area contributed by atoms with Gasteiger partial charge >= 0.3 is 0 Å². The van der Waals surface area contributed by atoms with E-state index in [-0.39, 0.29) is 17.7 Å². The molecule has 7 nitrogen and oxygen atoms in total. The normalized spacial score (nSPS) is 19.0. The second kappa shape index (κ2) is 7.35. The lowest BCUT2D eigenvalue weighted by Crippen LogP contribution is -2.34. The number of aromatic nitrogens is 2. The van der Waals surface area contributed by atoms with Gasteiger partial charge in [-0.05, 0) is 26.2 Å². The van der Waals surface area contributed by atoms with Crippen LogP contribution in [-0.4, -0.2) is 40.9 Å². The van der Waals surface area contributed by atoms with Crippen LogP contribution in [0.25, 0.3) is 0 Å². The first kappa shape index (κ1) is 17.8. The van der Waals surface area contributed by atoms with Crippen molar-refractivity contribution in [3.8, 4) is 0 Å². The zero-order valence-corrected chi connectivity index (χ0v) is 14.7. The van der Waals surface area contributed by atoms with Gasteiger partial charge in [-0.2, -0.15) is 4.31 Å². The molecule has 23 heavy (non-hydrogen) atoms. The van der Waals surface area contributed by atoms with Crippen LogP contribution in [0.3, 0.4) is 0 Å². The lowest BCUT2D eigenvalue weighted by Gasteiger charge is -2.25. The van der Waals surface area contributed by atoms with Crippen molar-refractivity contribution in [2.24, 2.45) is 0 Å². The molecule has 0 aliphatic carbocycles. The van der Waals surface area contributed by atoms with E-state index in [1.165, 1.54) is 6.92 Å². The second-order valence-corrected chi connectivity index (χ2v) is 7.86. The molecule has 1 N–H and O–H groups in total. The molecule has 1 aliphatic heterocycles. The van der Waals surface area contributed by atoms with Crippen molar-refractivity contribution in [3.05, 3.63) is 23.3 Å². The molecule has 2 rings (SSSR count). The first-order valence-corrected chi connectivity index (χ1v) is 9.52. The second-order valence-electron chi connectivity index (χ2n) is 5.82. The SMILES string of the molecule is CCCS(=O)(=O)N1CCC[C@H]1c1nc(C)ncc1CNC(C)=O. The summed E-state index contributed by atoms with van der Waals surface area (Å²) >= 11 is 0. The summed E-state index contributed by atoms with van der Waals surface area (Å²) in [7, 11) is -3.28. The molecule has 0 bridgehead atoms. The highest BCUT2D eigenvalue weighted by molar-refractivity contribution is 7.89.